The van der Waals surface area contributed by atoms with E-state index in [-0.39, 0.29) is 18.4 Å². The topological polar surface area (TPSA) is 62.6 Å². The molecule has 1 N–H and O–H groups in total. The van der Waals surface area contributed by atoms with Crippen molar-refractivity contribution >= 4 is 23.2 Å². The highest BCUT2D eigenvalue weighted by Crippen LogP contribution is 2.13. The molecule has 0 saturated heterocycles. The molecule has 0 saturated carbocycles. The quantitative estimate of drug-likeness (QED) is 0.797. The van der Waals surface area contributed by atoms with Crippen molar-refractivity contribution in [2.24, 2.45) is 0 Å². The van der Waals surface area contributed by atoms with Crippen LogP contribution in [-0.2, 0) is 11.2 Å². The van der Waals surface area contributed by atoms with Gasteiger partial charge in [0.1, 0.15) is 11.5 Å². The minimum absolute atomic E-state index is 0.00689. The SMILES string of the molecule is CCCN(CCc1cccs1)C(=O)CNC(=O)c1cc(C)oc1C. The van der Waals surface area contributed by atoms with Crippen molar-refractivity contribution in [3.05, 3.63) is 45.5 Å². The molecule has 0 radical (unpaired) electrons. The average molecular weight is 348 g/mol. The monoisotopic (exact) mass is 348 g/mol. The lowest BCUT2D eigenvalue weighted by Crippen LogP contribution is -2.41. The molecule has 2 aromatic heterocycles. The summed E-state index contributed by atoms with van der Waals surface area (Å²) in [4.78, 5) is 27.7. The van der Waals surface area contributed by atoms with Gasteiger partial charge >= 0.3 is 0 Å². The summed E-state index contributed by atoms with van der Waals surface area (Å²) >= 11 is 1.70. The minimum Gasteiger partial charge on any atom is -0.466 e. The number of amides is 2. The number of rotatable bonds is 8. The molecule has 130 valence electrons. The zero-order chi connectivity index (χ0) is 17.5. The Kier molecular flexibility index (Phi) is 6.61. The molecule has 0 atom stereocenters. The van der Waals surface area contributed by atoms with Crippen LogP contribution in [0.4, 0.5) is 0 Å². The molecular formula is C18H24N2O3S. The Morgan fingerprint density at radius 1 is 1.29 bits per heavy atom. The first-order valence-corrected chi connectivity index (χ1v) is 9.04. The van der Waals surface area contributed by atoms with Crippen molar-refractivity contribution in [3.8, 4) is 0 Å². The summed E-state index contributed by atoms with van der Waals surface area (Å²) in [6.45, 7) is 6.96. The fourth-order valence-corrected chi connectivity index (χ4v) is 3.25. The summed E-state index contributed by atoms with van der Waals surface area (Å²) < 4.78 is 5.35. The van der Waals surface area contributed by atoms with Crippen molar-refractivity contribution in [2.45, 2.75) is 33.6 Å². The summed E-state index contributed by atoms with van der Waals surface area (Å²) in [5, 5.41) is 4.74. The first kappa shape index (κ1) is 18.3. The van der Waals surface area contributed by atoms with Crippen LogP contribution < -0.4 is 5.32 Å². The second-order valence-corrected chi connectivity index (χ2v) is 6.75. The highest BCUT2D eigenvalue weighted by atomic mass is 32.1. The number of hydrogen-bond acceptors (Lipinski definition) is 4. The molecule has 0 aliphatic carbocycles. The van der Waals surface area contributed by atoms with E-state index in [0.29, 0.717) is 30.2 Å². The fourth-order valence-electron chi connectivity index (χ4n) is 2.55. The average Bonchev–Trinajstić information content (AvgIpc) is 3.18. The Hall–Kier alpha value is -2.08. The van der Waals surface area contributed by atoms with Gasteiger partial charge in [-0.2, -0.15) is 0 Å². The third-order valence-electron chi connectivity index (χ3n) is 3.74. The van der Waals surface area contributed by atoms with Crippen LogP contribution in [0, 0.1) is 13.8 Å². The van der Waals surface area contributed by atoms with Gasteiger partial charge in [-0.3, -0.25) is 9.59 Å². The second kappa shape index (κ2) is 8.68. The fraction of sp³-hybridized carbons (Fsp3) is 0.444. The summed E-state index contributed by atoms with van der Waals surface area (Å²) in [7, 11) is 0. The molecule has 0 aromatic carbocycles. The third-order valence-corrected chi connectivity index (χ3v) is 4.68. The van der Waals surface area contributed by atoms with Crippen molar-refractivity contribution in [1.29, 1.82) is 0 Å². The number of aryl methyl sites for hydroxylation is 2. The maximum atomic E-state index is 12.4. The van der Waals surface area contributed by atoms with Crippen molar-refractivity contribution in [2.75, 3.05) is 19.6 Å². The van der Waals surface area contributed by atoms with Crippen LogP contribution >= 0.6 is 11.3 Å². The molecule has 2 heterocycles. The summed E-state index contributed by atoms with van der Waals surface area (Å²) in [5.41, 5.74) is 0.487. The molecule has 0 unspecified atom stereocenters. The number of hydrogen-bond donors (Lipinski definition) is 1. The van der Waals surface area contributed by atoms with E-state index in [2.05, 4.69) is 11.4 Å². The van der Waals surface area contributed by atoms with E-state index in [9.17, 15) is 9.59 Å². The van der Waals surface area contributed by atoms with E-state index in [1.807, 2.05) is 23.3 Å². The van der Waals surface area contributed by atoms with Crippen LogP contribution in [0.5, 0.6) is 0 Å². The van der Waals surface area contributed by atoms with Gasteiger partial charge in [0.25, 0.3) is 5.91 Å². The Morgan fingerprint density at radius 2 is 2.08 bits per heavy atom. The van der Waals surface area contributed by atoms with Gasteiger partial charge < -0.3 is 14.6 Å². The molecule has 2 rings (SSSR count). The Labute approximate surface area is 146 Å². The van der Waals surface area contributed by atoms with Crippen LogP contribution in [0.2, 0.25) is 0 Å². The van der Waals surface area contributed by atoms with Crippen LogP contribution in [-0.4, -0.2) is 36.3 Å². The lowest BCUT2D eigenvalue weighted by Gasteiger charge is -2.22. The highest BCUT2D eigenvalue weighted by molar-refractivity contribution is 7.09. The molecule has 2 amide bonds. The number of carbonyl (C=O) groups excluding carboxylic acids is 2. The normalized spacial score (nSPS) is 10.6. The van der Waals surface area contributed by atoms with E-state index in [4.69, 9.17) is 4.42 Å². The van der Waals surface area contributed by atoms with Gasteiger partial charge in [-0.15, -0.1) is 11.3 Å². The molecule has 2 aromatic rings. The van der Waals surface area contributed by atoms with Crippen LogP contribution in [0.15, 0.2) is 28.0 Å². The van der Waals surface area contributed by atoms with Gasteiger partial charge in [-0.25, -0.2) is 0 Å². The standard InChI is InChI=1S/C18H24N2O3S/c1-4-8-20(9-7-15-6-5-10-24-15)17(21)12-19-18(22)16-11-13(2)23-14(16)3/h5-6,10-11H,4,7-9,12H2,1-3H3,(H,19,22). The number of furan rings is 1. The van der Waals surface area contributed by atoms with Crippen molar-refractivity contribution in [1.82, 2.24) is 10.2 Å². The number of thiophene rings is 1. The highest BCUT2D eigenvalue weighted by Gasteiger charge is 2.17. The van der Waals surface area contributed by atoms with E-state index in [1.54, 1.807) is 31.3 Å². The third kappa shape index (κ3) is 4.96. The van der Waals surface area contributed by atoms with E-state index >= 15 is 0 Å². The maximum absolute atomic E-state index is 12.4. The summed E-state index contributed by atoms with van der Waals surface area (Å²) in [5.74, 6) is 0.931. The van der Waals surface area contributed by atoms with Gasteiger partial charge in [0.2, 0.25) is 5.91 Å². The minimum atomic E-state index is -0.271. The predicted molar refractivity (Wildman–Crippen MR) is 95.4 cm³/mol. The molecule has 6 heteroatoms. The van der Waals surface area contributed by atoms with Crippen molar-refractivity contribution in [3.63, 3.8) is 0 Å². The first-order valence-electron chi connectivity index (χ1n) is 8.16. The number of nitrogens with one attached hydrogen (secondary N) is 1. The van der Waals surface area contributed by atoms with E-state index in [0.717, 1.165) is 12.8 Å². The van der Waals surface area contributed by atoms with Crippen molar-refractivity contribution < 1.29 is 14.0 Å². The van der Waals surface area contributed by atoms with Gasteiger partial charge in [0, 0.05) is 18.0 Å². The van der Waals surface area contributed by atoms with Gasteiger partial charge in [0.05, 0.1) is 12.1 Å². The lowest BCUT2D eigenvalue weighted by molar-refractivity contribution is -0.130. The first-order chi connectivity index (χ1) is 11.5. The maximum Gasteiger partial charge on any atom is 0.255 e. The molecule has 0 spiro atoms. The molecule has 5 nitrogen and oxygen atoms in total. The van der Waals surface area contributed by atoms with E-state index in [1.165, 1.54) is 4.88 Å². The molecule has 24 heavy (non-hydrogen) atoms. The molecule has 0 fully saturated rings. The largest absolute Gasteiger partial charge is 0.466 e. The number of nitrogens with zero attached hydrogens (tertiary/aromatic N) is 1. The molecular weight excluding hydrogens is 324 g/mol. The Morgan fingerprint density at radius 3 is 2.67 bits per heavy atom. The Bertz CT molecular complexity index is 677. The zero-order valence-electron chi connectivity index (χ0n) is 14.4. The van der Waals surface area contributed by atoms with Crippen LogP contribution in [0.3, 0.4) is 0 Å². The molecule has 0 bridgehead atoms. The molecule has 0 aliphatic heterocycles. The lowest BCUT2D eigenvalue weighted by atomic mass is 10.2. The van der Waals surface area contributed by atoms with Crippen LogP contribution in [0.1, 0.15) is 40.1 Å². The summed E-state index contributed by atoms with van der Waals surface area (Å²) in [6.07, 6.45) is 1.74. The second-order valence-electron chi connectivity index (χ2n) is 5.72. The van der Waals surface area contributed by atoms with Gasteiger partial charge in [-0.05, 0) is 44.2 Å². The molecule has 0 aliphatic rings. The summed E-state index contributed by atoms with van der Waals surface area (Å²) in [6, 6.07) is 5.78. The zero-order valence-corrected chi connectivity index (χ0v) is 15.2. The predicted octanol–water partition coefficient (Wildman–Crippen LogP) is 3.17. The smallest absolute Gasteiger partial charge is 0.255 e. The number of carbonyl (C=O) groups is 2. The van der Waals surface area contributed by atoms with Crippen LogP contribution in [0.25, 0.3) is 0 Å². The van der Waals surface area contributed by atoms with Gasteiger partial charge in [0.15, 0.2) is 0 Å². The Balaban J connectivity index is 1.87. The van der Waals surface area contributed by atoms with E-state index < -0.39 is 0 Å². The van der Waals surface area contributed by atoms with Gasteiger partial charge in [-0.1, -0.05) is 13.0 Å².